The van der Waals surface area contributed by atoms with Gasteiger partial charge in [0.1, 0.15) is 6.10 Å². The second kappa shape index (κ2) is 4.72. The zero-order valence-corrected chi connectivity index (χ0v) is 11.4. The Balaban J connectivity index is 1.85. The summed E-state index contributed by atoms with van der Waals surface area (Å²) >= 11 is 0. The molecule has 1 aliphatic heterocycles. The molecule has 0 bridgehead atoms. The minimum Gasteiger partial charge on any atom is -0.386 e. The van der Waals surface area contributed by atoms with E-state index in [0.29, 0.717) is 26.1 Å². The van der Waals surface area contributed by atoms with Crippen LogP contribution in [0.5, 0.6) is 0 Å². The van der Waals surface area contributed by atoms with E-state index in [9.17, 15) is 9.90 Å². The van der Waals surface area contributed by atoms with Crippen LogP contribution in [0, 0.1) is 0 Å². The quantitative estimate of drug-likeness (QED) is 0.864. The lowest BCUT2D eigenvalue weighted by molar-refractivity contribution is 0.00980. The Hall–Kier alpha value is -2.11. The molecule has 2 aliphatic rings. The largest absolute Gasteiger partial charge is 0.386 e. The third-order valence-electron chi connectivity index (χ3n) is 4.11. The molecule has 1 N–H and O–H groups in total. The third-order valence-corrected chi connectivity index (χ3v) is 4.11. The molecule has 4 rings (SSSR count). The highest BCUT2D eigenvalue weighted by Crippen LogP contribution is 2.32. The predicted octanol–water partition coefficient (Wildman–Crippen LogP) is 1.84. The van der Waals surface area contributed by atoms with Crippen molar-refractivity contribution in [1.82, 2.24) is 9.97 Å². The number of Topliss-reactive ketones (excluding diaryl/α,β-unsaturated/α-hetero) is 1. The lowest BCUT2D eigenvalue weighted by atomic mass is 9.97. The number of rotatable bonds is 1. The maximum absolute atomic E-state index is 11.7. The number of pyridine rings is 2. The van der Waals surface area contributed by atoms with Crippen molar-refractivity contribution >= 4 is 5.78 Å². The summed E-state index contributed by atoms with van der Waals surface area (Å²) in [6.07, 6.45) is 4.02. The van der Waals surface area contributed by atoms with Crippen LogP contribution in [-0.4, -0.2) is 27.5 Å². The Morgan fingerprint density at radius 1 is 1.19 bits per heavy atom. The van der Waals surface area contributed by atoms with Crippen LogP contribution in [0.15, 0.2) is 24.5 Å². The number of nitrogens with zero attached hydrogens (tertiary/aromatic N) is 2. The second-order valence-corrected chi connectivity index (χ2v) is 5.40. The van der Waals surface area contributed by atoms with Gasteiger partial charge in [-0.2, -0.15) is 0 Å². The van der Waals surface area contributed by atoms with Crippen LogP contribution < -0.4 is 0 Å². The minimum absolute atomic E-state index is 0.163. The summed E-state index contributed by atoms with van der Waals surface area (Å²) in [5.41, 5.74) is 4.97. The van der Waals surface area contributed by atoms with E-state index in [2.05, 4.69) is 9.97 Å². The summed E-state index contributed by atoms with van der Waals surface area (Å²) < 4.78 is 5.42. The number of aromatic nitrogens is 2. The Morgan fingerprint density at radius 3 is 3.00 bits per heavy atom. The second-order valence-electron chi connectivity index (χ2n) is 5.40. The molecule has 0 saturated heterocycles. The lowest BCUT2D eigenvalue weighted by Crippen LogP contribution is -2.17. The smallest absolute Gasteiger partial charge is 0.165 e. The summed E-state index contributed by atoms with van der Waals surface area (Å²) in [6.45, 7) is 0.742. The summed E-state index contributed by atoms with van der Waals surface area (Å²) in [5, 5.41) is 9.99. The number of aliphatic hydroxyl groups excluding tert-OH is 1. The molecule has 3 heterocycles. The van der Waals surface area contributed by atoms with Gasteiger partial charge in [0.2, 0.25) is 0 Å². The SMILES string of the molecule is O=C1CCc2nc(-c3cncc4c3COCC4O)ccc21. The van der Waals surface area contributed by atoms with Crippen LogP contribution >= 0.6 is 0 Å². The van der Waals surface area contributed by atoms with Crippen molar-refractivity contribution in [3.8, 4) is 11.3 Å². The number of ketones is 1. The molecule has 0 aromatic carbocycles. The van der Waals surface area contributed by atoms with E-state index >= 15 is 0 Å². The van der Waals surface area contributed by atoms with Crippen molar-refractivity contribution in [2.24, 2.45) is 0 Å². The van der Waals surface area contributed by atoms with E-state index in [-0.39, 0.29) is 5.78 Å². The van der Waals surface area contributed by atoms with Crippen molar-refractivity contribution in [2.45, 2.75) is 25.6 Å². The van der Waals surface area contributed by atoms with Crippen LogP contribution in [0.2, 0.25) is 0 Å². The summed E-state index contributed by atoms with van der Waals surface area (Å²) in [7, 11) is 0. The van der Waals surface area contributed by atoms with Crippen LogP contribution in [0.1, 0.15) is 39.7 Å². The Labute approximate surface area is 121 Å². The van der Waals surface area contributed by atoms with Gasteiger partial charge in [-0.25, -0.2) is 0 Å². The van der Waals surface area contributed by atoms with Crippen LogP contribution in [-0.2, 0) is 17.8 Å². The average Bonchev–Trinajstić information content (AvgIpc) is 2.88. The molecule has 1 aliphatic carbocycles. The predicted molar refractivity (Wildman–Crippen MR) is 74.7 cm³/mol. The molecule has 0 fully saturated rings. The van der Waals surface area contributed by atoms with E-state index in [1.54, 1.807) is 12.4 Å². The van der Waals surface area contributed by atoms with Gasteiger partial charge < -0.3 is 9.84 Å². The van der Waals surface area contributed by atoms with Gasteiger partial charge in [-0.15, -0.1) is 0 Å². The summed E-state index contributed by atoms with van der Waals surface area (Å²) in [6, 6.07) is 3.69. The molecule has 2 aromatic heterocycles. The Kier molecular flexibility index (Phi) is 2.83. The van der Waals surface area contributed by atoms with Crippen molar-refractivity contribution in [2.75, 3.05) is 6.61 Å². The molecular formula is C16H14N2O3. The minimum atomic E-state index is -0.641. The number of carbonyl (C=O) groups excluding carboxylic acids is 1. The van der Waals surface area contributed by atoms with Gasteiger partial charge in [0.25, 0.3) is 0 Å². The van der Waals surface area contributed by atoms with Gasteiger partial charge in [-0.05, 0) is 24.1 Å². The molecule has 0 saturated carbocycles. The highest BCUT2D eigenvalue weighted by molar-refractivity contribution is 6.00. The first kappa shape index (κ1) is 12.6. The van der Waals surface area contributed by atoms with Gasteiger partial charge in [0.15, 0.2) is 5.78 Å². The number of fused-ring (bicyclic) bond motifs is 2. The highest BCUT2D eigenvalue weighted by atomic mass is 16.5. The molecule has 2 aromatic rings. The first-order chi connectivity index (χ1) is 10.2. The molecule has 0 amide bonds. The van der Waals surface area contributed by atoms with Crippen molar-refractivity contribution in [3.05, 3.63) is 46.9 Å². The number of ether oxygens (including phenoxy) is 1. The zero-order valence-electron chi connectivity index (χ0n) is 11.4. The maximum Gasteiger partial charge on any atom is 0.165 e. The van der Waals surface area contributed by atoms with Gasteiger partial charge in [0, 0.05) is 35.5 Å². The summed E-state index contributed by atoms with van der Waals surface area (Å²) in [5.74, 6) is 0.163. The van der Waals surface area contributed by atoms with E-state index in [1.165, 1.54) is 0 Å². The van der Waals surface area contributed by atoms with E-state index in [1.807, 2.05) is 12.1 Å². The van der Waals surface area contributed by atoms with E-state index < -0.39 is 6.10 Å². The molecule has 0 spiro atoms. The number of hydrogen-bond donors (Lipinski definition) is 1. The number of hydrogen-bond acceptors (Lipinski definition) is 5. The topological polar surface area (TPSA) is 72.3 Å². The molecule has 1 atom stereocenters. The van der Waals surface area contributed by atoms with E-state index in [4.69, 9.17) is 4.74 Å². The van der Waals surface area contributed by atoms with Gasteiger partial charge in [0.05, 0.1) is 24.6 Å². The first-order valence-corrected chi connectivity index (χ1v) is 7.00. The normalized spacial score (nSPS) is 20.2. The van der Waals surface area contributed by atoms with Crippen LogP contribution in [0.4, 0.5) is 0 Å². The molecule has 5 heteroatoms. The van der Waals surface area contributed by atoms with Gasteiger partial charge in [-0.3, -0.25) is 14.8 Å². The average molecular weight is 282 g/mol. The summed E-state index contributed by atoms with van der Waals surface area (Å²) in [4.78, 5) is 20.5. The van der Waals surface area contributed by atoms with Crippen molar-refractivity contribution in [3.63, 3.8) is 0 Å². The van der Waals surface area contributed by atoms with Crippen LogP contribution in [0.25, 0.3) is 11.3 Å². The van der Waals surface area contributed by atoms with Gasteiger partial charge >= 0.3 is 0 Å². The standard InChI is InChI=1S/C16H14N2O3/c19-15-4-3-13-9(15)1-2-14(18-13)10-5-17-6-11-12(10)7-21-8-16(11)20/h1-2,5-6,16,20H,3-4,7-8H2. The van der Waals surface area contributed by atoms with Gasteiger partial charge in [-0.1, -0.05) is 0 Å². The molecule has 106 valence electrons. The lowest BCUT2D eigenvalue weighted by Gasteiger charge is -2.23. The molecular weight excluding hydrogens is 268 g/mol. The monoisotopic (exact) mass is 282 g/mol. The van der Waals surface area contributed by atoms with E-state index in [0.717, 1.165) is 33.6 Å². The fraction of sp³-hybridized carbons (Fsp3) is 0.312. The third kappa shape index (κ3) is 1.97. The Bertz CT molecular complexity index is 742. The molecule has 5 nitrogen and oxygen atoms in total. The fourth-order valence-corrected chi connectivity index (χ4v) is 3.00. The maximum atomic E-state index is 11.7. The molecule has 0 radical (unpaired) electrons. The molecule has 1 unspecified atom stereocenters. The van der Waals surface area contributed by atoms with Crippen molar-refractivity contribution < 1.29 is 14.6 Å². The van der Waals surface area contributed by atoms with Crippen molar-refractivity contribution in [1.29, 1.82) is 0 Å². The molecule has 21 heavy (non-hydrogen) atoms. The zero-order chi connectivity index (χ0) is 14.4. The first-order valence-electron chi connectivity index (χ1n) is 7.00. The fourth-order valence-electron chi connectivity index (χ4n) is 3.00. The van der Waals surface area contributed by atoms with Crippen LogP contribution in [0.3, 0.4) is 0 Å². The highest BCUT2D eigenvalue weighted by Gasteiger charge is 2.25. The number of aryl methyl sites for hydroxylation is 1. The number of carbonyl (C=O) groups is 1. The Morgan fingerprint density at radius 2 is 2.10 bits per heavy atom. The number of aliphatic hydroxyl groups is 1.